The van der Waals surface area contributed by atoms with Crippen LogP contribution in [0.5, 0.6) is 0 Å². The van der Waals surface area contributed by atoms with Gasteiger partial charge in [-0.2, -0.15) is 9.97 Å². The number of aliphatic hydroxyl groups is 2. The van der Waals surface area contributed by atoms with Gasteiger partial charge in [0.15, 0.2) is 17.0 Å². The van der Waals surface area contributed by atoms with Crippen LogP contribution in [0.3, 0.4) is 0 Å². The van der Waals surface area contributed by atoms with Gasteiger partial charge in [0.1, 0.15) is 18.3 Å². The molecule has 12 heteroatoms. The molecule has 7 rings (SSSR count). The van der Waals surface area contributed by atoms with E-state index >= 15 is 0 Å². The third-order valence-corrected chi connectivity index (χ3v) is 9.84. The largest absolute Gasteiger partial charge is 0.388 e. The van der Waals surface area contributed by atoms with Gasteiger partial charge in [0.25, 0.3) is 0 Å². The molecule has 0 unspecified atom stereocenters. The van der Waals surface area contributed by atoms with Crippen molar-refractivity contribution >= 4 is 28.8 Å². The summed E-state index contributed by atoms with van der Waals surface area (Å²) in [5.41, 5.74) is 10.6. The second kappa shape index (κ2) is 14.9. The van der Waals surface area contributed by atoms with Crippen molar-refractivity contribution in [3.05, 3.63) is 114 Å². The zero-order valence-electron chi connectivity index (χ0n) is 28.0. The van der Waals surface area contributed by atoms with E-state index in [2.05, 4.69) is 39.8 Å². The normalized spacial score (nSPS) is 22.7. The Morgan fingerprint density at radius 3 is 2.26 bits per heavy atom. The van der Waals surface area contributed by atoms with Crippen molar-refractivity contribution in [1.29, 1.82) is 0 Å². The lowest BCUT2D eigenvalue weighted by atomic mass is 9.91. The number of imidazole rings is 1. The van der Waals surface area contributed by atoms with E-state index in [0.717, 1.165) is 18.5 Å². The minimum atomic E-state index is -1.20. The lowest BCUT2D eigenvalue weighted by molar-refractivity contribution is -0.134. The first-order valence-corrected chi connectivity index (χ1v) is 17.3. The first-order chi connectivity index (χ1) is 24.4. The molecule has 1 saturated carbocycles. The molecule has 1 aliphatic heterocycles. The van der Waals surface area contributed by atoms with Gasteiger partial charge >= 0.3 is 0 Å². The molecule has 0 bridgehead atoms. The van der Waals surface area contributed by atoms with Crippen molar-refractivity contribution in [2.24, 2.45) is 5.73 Å². The molecule has 3 aromatic carbocycles. The molecule has 0 spiro atoms. The van der Waals surface area contributed by atoms with Crippen molar-refractivity contribution in [3.8, 4) is 0 Å². The van der Waals surface area contributed by atoms with Crippen LogP contribution in [0.15, 0.2) is 97.3 Å². The monoisotopic (exact) mass is 676 g/mol. The summed E-state index contributed by atoms with van der Waals surface area (Å²) in [6, 6.07) is 29.0. The van der Waals surface area contributed by atoms with E-state index < -0.39 is 30.4 Å². The Kier molecular flexibility index (Phi) is 10.0. The zero-order valence-corrected chi connectivity index (χ0v) is 28.0. The Hall–Kier alpha value is -4.88. The smallest absolute Gasteiger partial charge is 0.249 e. The number of fused-ring (bicyclic) bond motifs is 1. The number of aromatic nitrogens is 4. The maximum atomic E-state index is 13.1. The second-order valence-corrected chi connectivity index (χ2v) is 13.3. The van der Waals surface area contributed by atoms with Crippen LogP contribution in [-0.4, -0.2) is 85.7 Å². The molecule has 3 heterocycles. The van der Waals surface area contributed by atoms with Gasteiger partial charge in [-0.25, -0.2) is 4.98 Å². The Morgan fingerprint density at radius 1 is 0.960 bits per heavy atom. The Bertz CT molecular complexity index is 1840. The third kappa shape index (κ3) is 7.19. The SMILES string of the molecule is C[C@@H](OCc1ccccc1)C(=O)N[C@H]1C[C@@H](n2cnc3c(NCC(c4ccccc4)c4ccccc4)nc(N4CC[C@@H](N)C4)nc32)[C@H](O)[C@@H]1O. The lowest BCUT2D eigenvalue weighted by Gasteiger charge is -2.22. The number of carbonyl (C=O) groups excluding carboxylic acids is 1. The fourth-order valence-electron chi connectivity index (χ4n) is 6.98. The van der Waals surface area contributed by atoms with Gasteiger partial charge in [-0.15, -0.1) is 0 Å². The number of nitrogens with one attached hydrogen (secondary N) is 2. The predicted octanol–water partition coefficient (Wildman–Crippen LogP) is 3.36. The number of carbonyl (C=O) groups is 1. The van der Waals surface area contributed by atoms with Gasteiger partial charge in [-0.3, -0.25) is 4.79 Å². The summed E-state index contributed by atoms with van der Waals surface area (Å²) in [5.74, 6) is 0.779. The first-order valence-electron chi connectivity index (χ1n) is 17.3. The molecule has 0 radical (unpaired) electrons. The van der Waals surface area contributed by atoms with E-state index in [4.69, 9.17) is 25.4 Å². The van der Waals surface area contributed by atoms with Gasteiger partial charge < -0.3 is 40.8 Å². The fourth-order valence-corrected chi connectivity index (χ4v) is 6.98. The van der Waals surface area contributed by atoms with Crippen molar-refractivity contribution < 1.29 is 19.7 Å². The number of benzene rings is 3. The summed E-state index contributed by atoms with van der Waals surface area (Å²) >= 11 is 0. The standard InChI is InChI=1S/C38H44N8O4/c1-24(50-22-25-11-5-2-6-12-25)37(49)42-30-19-31(34(48)33(30)47)46-23-41-32-35(43-38(44-36(32)46)45-18-17-28(39)21-45)40-20-29(26-13-7-3-8-14-26)27-15-9-4-10-16-27/h2-16,23-24,28-31,33-34,47-48H,17-22,39H2,1H3,(H,42,49)(H,40,43,44)/t24-,28-,30+,31-,33-,34+/m1/s1. The van der Waals surface area contributed by atoms with Gasteiger partial charge in [-0.1, -0.05) is 91.0 Å². The van der Waals surface area contributed by atoms with Crippen LogP contribution in [0.4, 0.5) is 11.8 Å². The summed E-state index contributed by atoms with van der Waals surface area (Å²) < 4.78 is 7.58. The highest BCUT2D eigenvalue weighted by atomic mass is 16.5. The third-order valence-electron chi connectivity index (χ3n) is 9.84. The molecule has 1 aliphatic carbocycles. The Morgan fingerprint density at radius 2 is 1.62 bits per heavy atom. The van der Waals surface area contributed by atoms with Crippen LogP contribution >= 0.6 is 0 Å². The number of anilines is 2. The van der Waals surface area contributed by atoms with E-state index in [0.29, 0.717) is 36.0 Å². The van der Waals surface area contributed by atoms with Crippen LogP contribution in [0, 0.1) is 0 Å². The molecule has 2 fully saturated rings. The number of hydrogen-bond donors (Lipinski definition) is 5. The van der Waals surface area contributed by atoms with Crippen molar-refractivity contribution in [3.63, 3.8) is 0 Å². The van der Waals surface area contributed by atoms with Crippen LogP contribution in [-0.2, 0) is 16.1 Å². The summed E-state index contributed by atoms with van der Waals surface area (Å²) in [6.07, 6.45) is -0.392. The highest BCUT2D eigenvalue weighted by molar-refractivity contribution is 5.85. The topological polar surface area (TPSA) is 164 Å². The quantitative estimate of drug-likeness (QED) is 0.132. The molecule has 6 atom stereocenters. The maximum absolute atomic E-state index is 13.1. The summed E-state index contributed by atoms with van der Waals surface area (Å²) in [6.45, 7) is 3.86. The molecule has 1 saturated heterocycles. The van der Waals surface area contributed by atoms with E-state index in [1.807, 2.05) is 66.7 Å². The first kappa shape index (κ1) is 33.6. The number of nitrogens with zero attached hydrogens (tertiary/aromatic N) is 5. The Labute approximate surface area is 291 Å². The number of amides is 1. The van der Waals surface area contributed by atoms with E-state index in [1.54, 1.807) is 17.8 Å². The summed E-state index contributed by atoms with van der Waals surface area (Å²) in [4.78, 5) is 29.8. The minimum Gasteiger partial charge on any atom is -0.388 e. The molecule has 2 aromatic heterocycles. The Balaban J connectivity index is 1.14. The van der Waals surface area contributed by atoms with Crippen molar-refractivity contribution in [2.45, 2.75) is 68.7 Å². The zero-order chi connectivity index (χ0) is 34.6. The number of ether oxygens (including phenoxy) is 1. The molecule has 6 N–H and O–H groups in total. The summed E-state index contributed by atoms with van der Waals surface area (Å²) in [7, 11) is 0. The molecule has 2 aliphatic rings. The van der Waals surface area contributed by atoms with E-state index in [-0.39, 0.29) is 30.9 Å². The molecule has 1 amide bonds. The minimum absolute atomic E-state index is 0.0198. The predicted molar refractivity (Wildman–Crippen MR) is 192 cm³/mol. The molecular weight excluding hydrogens is 632 g/mol. The van der Waals surface area contributed by atoms with Crippen LogP contribution in [0.1, 0.15) is 48.4 Å². The van der Waals surface area contributed by atoms with Gasteiger partial charge in [0, 0.05) is 31.6 Å². The average molecular weight is 677 g/mol. The fraction of sp³-hybridized carbons (Fsp3) is 0.368. The lowest BCUT2D eigenvalue weighted by Crippen LogP contribution is -2.46. The molecular formula is C38H44N8O4. The summed E-state index contributed by atoms with van der Waals surface area (Å²) in [5, 5.41) is 28.9. The number of rotatable bonds is 12. The molecule has 50 heavy (non-hydrogen) atoms. The van der Waals surface area contributed by atoms with Crippen LogP contribution in [0.2, 0.25) is 0 Å². The number of hydrogen-bond acceptors (Lipinski definition) is 10. The molecule has 260 valence electrons. The van der Waals surface area contributed by atoms with Gasteiger partial charge in [0.2, 0.25) is 11.9 Å². The second-order valence-electron chi connectivity index (χ2n) is 13.3. The van der Waals surface area contributed by atoms with E-state index in [9.17, 15) is 15.0 Å². The molecule has 12 nitrogen and oxygen atoms in total. The average Bonchev–Trinajstić information content (AvgIpc) is 3.86. The number of nitrogens with two attached hydrogens (primary N) is 1. The molecule has 5 aromatic rings. The van der Waals surface area contributed by atoms with E-state index in [1.165, 1.54) is 11.1 Å². The maximum Gasteiger partial charge on any atom is 0.249 e. The van der Waals surface area contributed by atoms with Crippen molar-refractivity contribution in [1.82, 2.24) is 24.8 Å². The van der Waals surface area contributed by atoms with Crippen LogP contribution < -0.4 is 21.3 Å². The highest BCUT2D eigenvalue weighted by Gasteiger charge is 2.44. The highest BCUT2D eigenvalue weighted by Crippen LogP contribution is 2.35. The number of aliphatic hydroxyl groups excluding tert-OH is 2. The van der Waals surface area contributed by atoms with Crippen LogP contribution in [0.25, 0.3) is 11.2 Å². The van der Waals surface area contributed by atoms with Gasteiger partial charge in [-0.05, 0) is 36.5 Å². The van der Waals surface area contributed by atoms with Gasteiger partial charge in [0.05, 0.1) is 25.0 Å². The van der Waals surface area contributed by atoms with Crippen molar-refractivity contribution in [2.75, 3.05) is 29.9 Å².